The highest BCUT2D eigenvalue weighted by molar-refractivity contribution is 5.87. The number of benzene rings is 3. The minimum atomic E-state index is 0.417. The van der Waals surface area contributed by atoms with E-state index in [4.69, 9.17) is 14.2 Å². The van der Waals surface area contributed by atoms with Crippen LogP contribution in [0, 0.1) is 0 Å². The topological polar surface area (TPSA) is 48.7 Å². The van der Waals surface area contributed by atoms with Crippen molar-refractivity contribution in [2.24, 2.45) is 0 Å². The van der Waals surface area contributed by atoms with Gasteiger partial charge in [0.05, 0.1) is 33.0 Å². The van der Waals surface area contributed by atoms with Gasteiger partial charge in [0.2, 0.25) is 0 Å². The second kappa shape index (κ2) is 9.94. The van der Waals surface area contributed by atoms with Gasteiger partial charge in [0.15, 0.2) is 6.04 Å². The molecule has 0 aromatic heterocycles. The van der Waals surface area contributed by atoms with Crippen LogP contribution in [0.3, 0.4) is 0 Å². The lowest BCUT2D eigenvalue weighted by molar-refractivity contribution is -0.952. The lowest BCUT2D eigenvalue weighted by Gasteiger charge is -2.31. The van der Waals surface area contributed by atoms with E-state index in [1.165, 1.54) is 21.9 Å². The summed E-state index contributed by atoms with van der Waals surface area (Å²) in [6, 6.07) is 21.7. The first-order chi connectivity index (χ1) is 14.8. The van der Waals surface area contributed by atoms with Gasteiger partial charge < -0.3 is 24.4 Å². The Morgan fingerprint density at radius 3 is 2.43 bits per heavy atom. The van der Waals surface area contributed by atoms with Crippen LogP contribution in [0.1, 0.15) is 17.2 Å². The molecule has 0 aliphatic carbocycles. The molecule has 1 aliphatic rings. The number of ether oxygens (including phenoxy) is 3. The predicted octanol–water partition coefficient (Wildman–Crippen LogP) is 1.58. The minimum Gasteiger partial charge on any atom is -0.497 e. The third-order valence-electron chi connectivity index (χ3n) is 6.11. The van der Waals surface area contributed by atoms with Gasteiger partial charge in [-0.2, -0.15) is 0 Å². The maximum atomic E-state index is 5.68. The maximum absolute atomic E-state index is 5.68. The third-order valence-corrected chi connectivity index (χ3v) is 6.11. The number of rotatable bonds is 8. The van der Waals surface area contributed by atoms with Crippen LogP contribution in [-0.2, 0) is 11.3 Å². The molecule has 0 unspecified atom stereocenters. The largest absolute Gasteiger partial charge is 0.497 e. The molecule has 0 amide bonds. The molecule has 4 rings (SSSR count). The molecule has 158 valence electrons. The summed E-state index contributed by atoms with van der Waals surface area (Å²) in [4.78, 5) is 1.59. The average molecular weight is 409 g/mol. The predicted molar refractivity (Wildman–Crippen MR) is 118 cm³/mol. The monoisotopic (exact) mass is 408 g/mol. The second-order valence-electron chi connectivity index (χ2n) is 7.79. The molecule has 30 heavy (non-hydrogen) atoms. The summed E-state index contributed by atoms with van der Waals surface area (Å²) in [6.07, 6.45) is 0. The number of methoxy groups -OCH3 is 2. The molecule has 1 saturated heterocycles. The highest BCUT2D eigenvalue weighted by atomic mass is 16.5. The molecule has 0 saturated carbocycles. The Hall–Kier alpha value is -2.60. The number of hydrogen-bond donors (Lipinski definition) is 2. The molecule has 1 aliphatic heterocycles. The molecule has 1 heterocycles. The van der Waals surface area contributed by atoms with E-state index in [0.29, 0.717) is 6.04 Å². The highest BCUT2D eigenvalue weighted by Gasteiger charge is 2.28. The zero-order chi connectivity index (χ0) is 20.8. The second-order valence-corrected chi connectivity index (χ2v) is 7.79. The first-order valence-corrected chi connectivity index (χ1v) is 10.7. The van der Waals surface area contributed by atoms with Gasteiger partial charge in [-0.25, -0.2) is 0 Å². The van der Waals surface area contributed by atoms with Crippen molar-refractivity contribution in [2.45, 2.75) is 12.6 Å². The van der Waals surface area contributed by atoms with E-state index >= 15 is 0 Å². The lowest BCUT2D eigenvalue weighted by Crippen LogP contribution is -3.16. The molecule has 0 spiro atoms. The molecule has 0 radical (unpaired) electrons. The van der Waals surface area contributed by atoms with E-state index in [1.54, 1.807) is 19.1 Å². The number of quaternary nitrogens is 2. The van der Waals surface area contributed by atoms with E-state index in [2.05, 4.69) is 66.0 Å². The van der Waals surface area contributed by atoms with E-state index in [1.807, 2.05) is 0 Å². The molecule has 0 bridgehead atoms. The Morgan fingerprint density at radius 2 is 1.70 bits per heavy atom. The number of nitrogens with one attached hydrogen (secondary N) is 1. The summed E-state index contributed by atoms with van der Waals surface area (Å²) >= 11 is 0. The smallest absolute Gasteiger partial charge is 0.163 e. The summed E-state index contributed by atoms with van der Waals surface area (Å²) in [5, 5.41) is 4.95. The van der Waals surface area contributed by atoms with Crippen LogP contribution >= 0.6 is 0 Å². The maximum Gasteiger partial charge on any atom is 0.163 e. The van der Waals surface area contributed by atoms with Crippen LogP contribution in [-0.4, -0.2) is 47.1 Å². The van der Waals surface area contributed by atoms with Gasteiger partial charge in [-0.1, -0.05) is 30.3 Å². The van der Waals surface area contributed by atoms with Crippen molar-refractivity contribution < 1.29 is 24.4 Å². The first-order valence-electron chi connectivity index (χ1n) is 10.7. The third kappa shape index (κ3) is 4.59. The van der Waals surface area contributed by atoms with Crippen LogP contribution < -0.4 is 19.7 Å². The molecule has 3 aromatic rings. The van der Waals surface area contributed by atoms with Crippen molar-refractivity contribution in [3.05, 3.63) is 71.8 Å². The normalized spacial score (nSPS) is 15.8. The molecule has 3 aromatic carbocycles. The minimum absolute atomic E-state index is 0.417. The first kappa shape index (κ1) is 20.7. The van der Waals surface area contributed by atoms with Crippen molar-refractivity contribution in [2.75, 3.05) is 47.1 Å². The molecule has 5 nitrogen and oxygen atoms in total. The van der Waals surface area contributed by atoms with Gasteiger partial charge >= 0.3 is 0 Å². The van der Waals surface area contributed by atoms with Crippen LogP contribution in [0.4, 0.5) is 0 Å². The number of fused-ring (bicyclic) bond motifs is 1. The van der Waals surface area contributed by atoms with Crippen LogP contribution in [0.5, 0.6) is 11.5 Å². The fraction of sp³-hybridized carbons (Fsp3) is 0.360. The summed E-state index contributed by atoms with van der Waals surface area (Å²) in [7, 11) is 3.47. The number of hydrogen-bond acceptors (Lipinski definition) is 3. The Labute approximate surface area is 178 Å². The quantitative estimate of drug-likeness (QED) is 0.595. The Kier molecular flexibility index (Phi) is 6.84. The molecule has 1 fully saturated rings. The van der Waals surface area contributed by atoms with Crippen molar-refractivity contribution in [1.29, 1.82) is 0 Å². The fourth-order valence-corrected chi connectivity index (χ4v) is 4.47. The lowest BCUT2D eigenvalue weighted by atomic mass is 10.0. The van der Waals surface area contributed by atoms with Crippen LogP contribution in [0.2, 0.25) is 0 Å². The van der Waals surface area contributed by atoms with Gasteiger partial charge in [0.25, 0.3) is 0 Å². The molecule has 1 atom stereocenters. The molecular weight excluding hydrogens is 376 g/mol. The Bertz CT molecular complexity index is 952. The standard InChI is InChI=1S/C25H30N2O3/c1-28-21-10-7-20(8-11-21)24(27-13-15-30-16-14-27)18-26-17-23-22-6-4-3-5-19(22)9-12-25(23)29-2/h3-12,24,26H,13-18H2,1-2H3/p+2/t24-/m1/s1. The Morgan fingerprint density at radius 1 is 0.933 bits per heavy atom. The van der Waals surface area contributed by atoms with Crippen molar-refractivity contribution in [3.63, 3.8) is 0 Å². The van der Waals surface area contributed by atoms with E-state index in [9.17, 15) is 0 Å². The number of nitrogens with two attached hydrogens (primary N) is 1. The molecular formula is C25H32N2O3+2. The summed E-state index contributed by atoms with van der Waals surface area (Å²) in [6.45, 7) is 5.65. The highest BCUT2D eigenvalue weighted by Crippen LogP contribution is 2.27. The average Bonchev–Trinajstić information content (AvgIpc) is 2.82. The molecule has 3 N–H and O–H groups in total. The fourth-order valence-electron chi connectivity index (χ4n) is 4.47. The van der Waals surface area contributed by atoms with Gasteiger partial charge in [-0.3, -0.25) is 0 Å². The summed E-state index contributed by atoms with van der Waals surface area (Å²) in [5.41, 5.74) is 2.62. The SMILES string of the molecule is COc1ccc([C@@H](C[NH2+]Cc2c(OC)ccc3ccccc23)[NH+]2CCOCC2)cc1. The van der Waals surface area contributed by atoms with Gasteiger partial charge in [0, 0.05) is 5.56 Å². The van der Waals surface area contributed by atoms with Crippen molar-refractivity contribution in [1.82, 2.24) is 0 Å². The summed E-state index contributed by atoms with van der Waals surface area (Å²) in [5.74, 6) is 1.86. The van der Waals surface area contributed by atoms with E-state index < -0.39 is 0 Å². The van der Waals surface area contributed by atoms with Gasteiger partial charge in [-0.05, 0) is 41.1 Å². The van der Waals surface area contributed by atoms with Gasteiger partial charge in [-0.15, -0.1) is 0 Å². The van der Waals surface area contributed by atoms with Crippen molar-refractivity contribution in [3.8, 4) is 11.5 Å². The number of morpholine rings is 1. The van der Waals surface area contributed by atoms with Gasteiger partial charge in [0.1, 0.15) is 37.7 Å². The van der Waals surface area contributed by atoms with Crippen molar-refractivity contribution >= 4 is 10.8 Å². The molecule has 5 heteroatoms. The summed E-state index contributed by atoms with van der Waals surface area (Å²) < 4.78 is 16.6. The van der Waals surface area contributed by atoms with E-state index in [-0.39, 0.29) is 0 Å². The van der Waals surface area contributed by atoms with Crippen LogP contribution in [0.15, 0.2) is 60.7 Å². The zero-order valence-electron chi connectivity index (χ0n) is 17.9. The Balaban J connectivity index is 1.53. The van der Waals surface area contributed by atoms with Crippen LogP contribution in [0.25, 0.3) is 10.8 Å². The zero-order valence-corrected chi connectivity index (χ0v) is 17.9. The van der Waals surface area contributed by atoms with E-state index in [0.717, 1.165) is 50.9 Å².